The van der Waals surface area contributed by atoms with Gasteiger partial charge >= 0.3 is 0 Å². The molecule has 0 bridgehead atoms. The maximum atomic E-state index is 12.4. The van der Waals surface area contributed by atoms with E-state index in [1.165, 1.54) is 30.0 Å². The predicted molar refractivity (Wildman–Crippen MR) is 121 cm³/mol. The molecule has 0 unspecified atom stereocenters. The number of amides is 1. The van der Waals surface area contributed by atoms with E-state index in [-0.39, 0.29) is 17.3 Å². The lowest BCUT2D eigenvalue weighted by Crippen LogP contribution is -2.15. The molecule has 0 saturated heterocycles. The van der Waals surface area contributed by atoms with Crippen molar-refractivity contribution in [1.82, 2.24) is 19.7 Å². The fourth-order valence-corrected chi connectivity index (χ4v) is 3.77. The van der Waals surface area contributed by atoms with Crippen LogP contribution in [0.15, 0.2) is 84.3 Å². The first kappa shape index (κ1) is 21.2. The molecule has 0 fully saturated rings. The highest BCUT2D eigenvalue weighted by Gasteiger charge is 2.17. The number of nitro benzene ring substituents is 1. The normalized spacial score (nSPS) is 10.6. The van der Waals surface area contributed by atoms with E-state index in [9.17, 15) is 14.9 Å². The van der Waals surface area contributed by atoms with E-state index in [4.69, 9.17) is 0 Å². The molecule has 32 heavy (non-hydrogen) atoms. The van der Waals surface area contributed by atoms with Crippen molar-refractivity contribution in [3.8, 4) is 11.4 Å². The third-order valence-electron chi connectivity index (χ3n) is 4.49. The molecular weight excluding hydrogens is 428 g/mol. The van der Waals surface area contributed by atoms with E-state index < -0.39 is 4.92 Å². The van der Waals surface area contributed by atoms with Gasteiger partial charge in [-0.05, 0) is 23.8 Å². The summed E-state index contributed by atoms with van der Waals surface area (Å²) < 4.78 is 1.94. The average molecular weight is 446 g/mol. The molecule has 2 aromatic heterocycles. The second kappa shape index (κ2) is 9.84. The van der Waals surface area contributed by atoms with Crippen LogP contribution in [0.25, 0.3) is 11.4 Å². The molecule has 2 heterocycles. The van der Waals surface area contributed by atoms with Crippen LogP contribution < -0.4 is 5.32 Å². The topological polar surface area (TPSA) is 116 Å². The second-order valence-corrected chi connectivity index (χ2v) is 7.71. The maximum Gasteiger partial charge on any atom is 0.271 e. The third kappa shape index (κ3) is 5.16. The largest absolute Gasteiger partial charge is 0.325 e. The minimum Gasteiger partial charge on any atom is -0.325 e. The van der Waals surface area contributed by atoms with Crippen LogP contribution >= 0.6 is 11.8 Å². The minimum atomic E-state index is -0.504. The Morgan fingerprint density at radius 2 is 1.91 bits per heavy atom. The van der Waals surface area contributed by atoms with Gasteiger partial charge in [-0.25, -0.2) is 0 Å². The average Bonchev–Trinajstić information content (AvgIpc) is 3.21. The minimum absolute atomic E-state index is 0.0721. The number of hydrogen-bond acceptors (Lipinski definition) is 7. The molecule has 160 valence electrons. The van der Waals surface area contributed by atoms with Gasteiger partial charge in [-0.3, -0.25) is 24.5 Å². The Labute approximate surface area is 187 Å². The molecule has 10 heteroatoms. The van der Waals surface area contributed by atoms with E-state index in [1.54, 1.807) is 18.5 Å². The Kier molecular flexibility index (Phi) is 6.52. The summed E-state index contributed by atoms with van der Waals surface area (Å²) in [6, 6.07) is 19.4. The van der Waals surface area contributed by atoms with Crippen molar-refractivity contribution >= 4 is 29.0 Å². The van der Waals surface area contributed by atoms with Gasteiger partial charge in [0.2, 0.25) is 5.91 Å². The van der Waals surface area contributed by atoms with Crippen LogP contribution in [0.5, 0.6) is 0 Å². The SMILES string of the molecule is O=C(CSc1nnc(-c2cccnc2)n1Cc1ccccc1)Nc1cccc([N+](=O)[O-])c1. The predicted octanol–water partition coefficient (Wildman–Crippen LogP) is 4.03. The highest BCUT2D eigenvalue weighted by atomic mass is 32.2. The molecular formula is C22H18N6O3S. The number of thioether (sulfide) groups is 1. The summed E-state index contributed by atoms with van der Waals surface area (Å²) >= 11 is 1.24. The van der Waals surface area contributed by atoms with Gasteiger partial charge in [-0.15, -0.1) is 10.2 Å². The number of benzene rings is 2. The van der Waals surface area contributed by atoms with Crippen molar-refractivity contribution in [3.05, 3.63) is 94.8 Å². The van der Waals surface area contributed by atoms with Crippen molar-refractivity contribution in [3.63, 3.8) is 0 Å². The molecule has 2 aromatic carbocycles. The van der Waals surface area contributed by atoms with Gasteiger partial charge in [0.15, 0.2) is 11.0 Å². The van der Waals surface area contributed by atoms with E-state index in [2.05, 4.69) is 20.5 Å². The lowest BCUT2D eigenvalue weighted by molar-refractivity contribution is -0.384. The summed E-state index contributed by atoms with van der Waals surface area (Å²) in [7, 11) is 0. The second-order valence-electron chi connectivity index (χ2n) is 6.76. The smallest absolute Gasteiger partial charge is 0.271 e. The molecule has 9 nitrogen and oxygen atoms in total. The summed E-state index contributed by atoms with van der Waals surface area (Å²) in [5.41, 5.74) is 2.18. The number of hydrogen-bond donors (Lipinski definition) is 1. The maximum absolute atomic E-state index is 12.4. The van der Waals surface area contributed by atoms with Crippen molar-refractivity contribution in [2.75, 3.05) is 11.1 Å². The zero-order valence-electron chi connectivity index (χ0n) is 16.8. The number of anilines is 1. The number of carbonyl (C=O) groups excluding carboxylic acids is 1. The number of nitrogens with zero attached hydrogens (tertiary/aromatic N) is 5. The molecule has 0 atom stereocenters. The number of nitro groups is 1. The van der Waals surface area contributed by atoms with E-state index >= 15 is 0 Å². The zero-order valence-corrected chi connectivity index (χ0v) is 17.6. The molecule has 1 N–H and O–H groups in total. The first-order valence-electron chi connectivity index (χ1n) is 9.65. The first-order valence-corrected chi connectivity index (χ1v) is 10.6. The van der Waals surface area contributed by atoms with Crippen LogP contribution in [-0.2, 0) is 11.3 Å². The number of carbonyl (C=O) groups is 1. The highest BCUT2D eigenvalue weighted by molar-refractivity contribution is 7.99. The highest BCUT2D eigenvalue weighted by Crippen LogP contribution is 2.25. The van der Waals surface area contributed by atoms with Gasteiger partial charge in [0, 0.05) is 35.8 Å². The summed E-state index contributed by atoms with van der Waals surface area (Å²) in [6.45, 7) is 0.535. The van der Waals surface area contributed by atoms with Gasteiger partial charge in [0.25, 0.3) is 5.69 Å². The van der Waals surface area contributed by atoms with Crippen LogP contribution in [0.2, 0.25) is 0 Å². The first-order chi connectivity index (χ1) is 15.6. The van der Waals surface area contributed by atoms with Crippen molar-refractivity contribution in [2.24, 2.45) is 0 Å². The van der Waals surface area contributed by atoms with E-state index in [1.807, 2.05) is 47.0 Å². The molecule has 0 aliphatic carbocycles. The van der Waals surface area contributed by atoms with Gasteiger partial charge in [-0.1, -0.05) is 48.2 Å². The summed E-state index contributed by atoms with van der Waals surface area (Å²) in [4.78, 5) is 27.0. The summed E-state index contributed by atoms with van der Waals surface area (Å²) in [5.74, 6) is 0.430. The molecule has 4 rings (SSSR count). The number of nitrogens with one attached hydrogen (secondary N) is 1. The van der Waals surface area contributed by atoms with E-state index in [0.29, 0.717) is 23.2 Å². The molecule has 1 amide bonds. The zero-order chi connectivity index (χ0) is 22.3. The van der Waals surface area contributed by atoms with Gasteiger partial charge in [0.05, 0.1) is 17.2 Å². The monoisotopic (exact) mass is 446 g/mol. The standard InChI is InChI=1S/C22H18N6O3S/c29-20(24-18-9-4-10-19(12-18)28(30)31)15-32-22-26-25-21(17-8-5-11-23-13-17)27(22)14-16-6-2-1-3-7-16/h1-13H,14-15H2,(H,24,29). The molecule has 0 spiro atoms. The Morgan fingerprint density at radius 1 is 1.06 bits per heavy atom. The lowest BCUT2D eigenvalue weighted by atomic mass is 10.2. The fourth-order valence-electron chi connectivity index (χ4n) is 3.04. The van der Waals surface area contributed by atoms with Gasteiger partial charge in [0.1, 0.15) is 0 Å². The number of pyridine rings is 1. The Morgan fingerprint density at radius 3 is 2.66 bits per heavy atom. The molecule has 0 aliphatic rings. The molecule has 0 aliphatic heterocycles. The Balaban J connectivity index is 1.51. The van der Waals surface area contributed by atoms with Crippen molar-refractivity contribution in [1.29, 1.82) is 0 Å². The van der Waals surface area contributed by atoms with Crippen LogP contribution in [0.1, 0.15) is 5.56 Å². The van der Waals surface area contributed by atoms with Crippen LogP contribution in [0.3, 0.4) is 0 Å². The van der Waals surface area contributed by atoms with Gasteiger partial charge in [-0.2, -0.15) is 0 Å². The van der Waals surface area contributed by atoms with Crippen molar-refractivity contribution in [2.45, 2.75) is 11.7 Å². The summed E-state index contributed by atoms with van der Waals surface area (Å²) in [5, 5.41) is 22.8. The molecule has 0 saturated carbocycles. The molecule has 0 radical (unpaired) electrons. The Bertz CT molecular complexity index is 1230. The third-order valence-corrected chi connectivity index (χ3v) is 5.46. The molecule has 4 aromatic rings. The van der Waals surface area contributed by atoms with Crippen LogP contribution in [0, 0.1) is 10.1 Å². The van der Waals surface area contributed by atoms with Crippen molar-refractivity contribution < 1.29 is 9.72 Å². The quantitative estimate of drug-likeness (QED) is 0.247. The van der Waals surface area contributed by atoms with Gasteiger partial charge < -0.3 is 5.32 Å². The number of aromatic nitrogens is 4. The fraction of sp³-hybridized carbons (Fsp3) is 0.0909. The number of non-ortho nitro benzene ring substituents is 1. The lowest BCUT2D eigenvalue weighted by Gasteiger charge is -2.10. The number of rotatable bonds is 8. The van der Waals surface area contributed by atoms with Crippen LogP contribution in [0.4, 0.5) is 11.4 Å². The Hall–Kier alpha value is -4.05. The summed E-state index contributed by atoms with van der Waals surface area (Å²) in [6.07, 6.45) is 3.41. The van der Waals surface area contributed by atoms with E-state index in [0.717, 1.165) is 11.1 Å². The van der Waals surface area contributed by atoms with Crippen LogP contribution in [-0.4, -0.2) is 36.3 Å².